The van der Waals surface area contributed by atoms with Crippen LogP contribution in [0.2, 0.25) is 5.02 Å². The molecule has 148 valence electrons. The zero-order valence-corrected chi connectivity index (χ0v) is 15.4. The van der Waals surface area contributed by atoms with Crippen LogP contribution in [0.15, 0.2) is 30.5 Å². The van der Waals surface area contributed by atoms with Crippen molar-refractivity contribution in [2.75, 3.05) is 36.0 Å². The molecule has 0 bridgehead atoms. The van der Waals surface area contributed by atoms with Gasteiger partial charge in [0.2, 0.25) is 5.95 Å². The molecule has 0 spiro atoms. The van der Waals surface area contributed by atoms with Gasteiger partial charge in [0, 0.05) is 32.4 Å². The summed E-state index contributed by atoms with van der Waals surface area (Å²) >= 11 is 6.26. The molecule has 4 rings (SSSR count). The van der Waals surface area contributed by atoms with Crippen molar-refractivity contribution in [2.45, 2.75) is 12.8 Å². The molecule has 1 fully saturated rings. The molecule has 6 nitrogen and oxygen atoms in total. The quantitative estimate of drug-likeness (QED) is 0.691. The van der Waals surface area contributed by atoms with Crippen LogP contribution in [0.4, 0.5) is 24.9 Å². The van der Waals surface area contributed by atoms with Crippen LogP contribution < -0.4 is 9.80 Å². The number of rotatable bonds is 3. The molecule has 0 aliphatic carbocycles. The van der Waals surface area contributed by atoms with E-state index in [1.165, 1.54) is 6.07 Å². The van der Waals surface area contributed by atoms with Gasteiger partial charge >= 0.3 is 6.18 Å². The highest BCUT2D eigenvalue weighted by atomic mass is 35.5. The van der Waals surface area contributed by atoms with E-state index in [1.54, 1.807) is 12.3 Å². The van der Waals surface area contributed by atoms with Gasteiger partial charge in [-0.25, -0.2) is 9.97 Å². The van der Waals surface area contributed by atoms with Crippen molar-refractivity contribution >= 4 is 34.4 Å². The Morgan fingerprint density at radius 2 is 1.82 bits per heavy atom. The van der Waals surface area contributed by atoms with Crippen LogP contribution in [0.25, 0.3) is 11.0 Å². The third-order valence-electron chi connectivity index (χ3n) is 4.74. The topological polar surface area (TPSA) is 68.3 Å². The molecule has 1 aliphatic rings. The van der Waals surface area contributed by atoms with E-state index in [9.17, 15) is 13.2 Å². The molecule has 10 heteroatoms. The molecule has 2 aromatic heterocycles. The molecule has 1 aliphatic heterocycles. The standard InChI is InChI=1S/C18H17ClF3N5O/c19-13-7-11(10-28)9-23-16(13)26-3-5-27(6-4-26)17-24-14-2-1-12(18(20,21)22)8-15(14)25-17/h1-2,7-9,28H,3-6,10H2,(H,24,25). The lowest BCUT2D eigenvalue weighted by Crippen LogP contribution is -2.47. The summed E-state index contributed by atoms with van der Waals surface area (Å²) < 4.78 is 38.6. The monoisotopic (exact) mass is 411 g/mol. The minimum Gasteiger partial charge on any atom is -0.392 e. The second-order valence-electron chi connectivity index (χ2n) is 6.57. The highest BCUT2D eigenvalue weighted by Crippen LogP contribution is 2.32. The molecule has 1 saturated heterocycles. The summed E-state index contributed by atoms with van der Waals surface area (Å²) in [5, 5.41) is 9.63. The Labute approximate surface area is 163 Å². The van der Waals surface area contributed by atoms with Crippen LogP contribution >= 0.6 is 11.6 Å². The molecular weight excluding hydrogens is 395 g/mol. The molecule has 2 N–H and O–H groups in total. The van der Waals surface area contributed by atoms with E-state index in [0.717, 1.165) is 12.1 Å². The first kappa shape index (κ1) is 18.8. The summed E-state index contributed by atoms with van der Waals surface area (Å²) in [4.78, 5) is 15.7. The van der Waals surface area contributed by atoms with Crippen LogP contribution in [-0.4, -0.2) is 46.2 Å². The molecule has 0 atom stereocenters. The summed E-state index contributed by atoms with van der Waals surface area (Å²) in [6.45, 7) is 2.38. The summed E-state index contributed by atoms with van der Waals surface area (Å²) in [5.41, 5.74) is 0.797. The first-order chi connectivity index (χ1) is 13.3. The van der Waals surface area contributed by atoms with E-state index < -0.39 is 11.7 Å². The lowest BCUT2D eigenvalue weighted by molar-refractivity contribution is -0.137. The number of anilines is 2. The first-order valence-corrected chi connectivity index (χ1v) is 9.05. The van der Waals surface area contributed by atoms with E-state index in [0.29, 0.717) is 59.6 Å². The minimum absolute atomic E-state index is 0.122. The van der Waals surface area contributed by atoms with Gasteiger partial charge in [-0.3, -0.25) is 0 Å². The Kier molecular flexibility index (Phi) is 4.80. The average Bonchev–Trinajstić information content (AvgIpc) is 3.10. The number of nitrogens with zero attached hydrogens (tertiary/aromatic N) is 4. The van der Waals surface area contributed by atoms with Gasteiger partial charge in [0.25, 0.3) is 0 Å². The first-order valence-electron chi connectivity index (χ1n) is 8.67. The number of alkyl halides is 3. The van der Waals surface area contributed by atoms with E-state index in [4.69, 9.17) is 16.7 Å². The van der Waals surface area contributed by atoms with Gasteiger partial charge in [-0.05, 0) is 29.8 Å². The van der Waals surface area contributed by atoms with Gasteiger partial charge in [-0.2, -0.15) is 13.2 Å². The smallest absolute Gasteiger partial charge is 0.392 e. The second-order valence-corrected chi connectivity index (χ2v) is 6.98. The number of aliphatic hydroxyl groups excluding tert-OH is 1. The molecule has 0 amide bonds. The Morgan fingerprint density at radius 1 is 1.11 bits per heavy atom. The number of imidazole rings is 1. The molecule has 28 heavy (non-hydrogen) atoms. The molecule has 3 aromatic rings. The van der Waals surface area contributed by atoms with Crippen molar-refractivity contribution in [1.82, 2.24) is 15.0 Å². The third-order valence-corrected chi connectivity index (χ3v) is 5.01. The molecule has 3 heterocycles. The van der Waals surface area contributed by atoms with Crippen molar-refractivity contribution in [3.05, 3.63) is 46.6 Å². The fraction of sp³-hybridized carbons (Fsp3) is 0.333. The average molecular weight is 412 g/mol. The zero-order chi connectivity index (χ0) is 19.9. The van der Waals surface area contributed by atoms with Gasteiger partial charge < -0.3 is 19.9 Å². The number of aromatic amines is 1. The fourth-order valence-corrected chi connectivity index (χ4v) is 3.55. The normalized spacial score (nSPS) is 15.5. The number of hydrogen-bond acceptors (Lipinski definition) is 5. The van der Waals surface area contributed by atoms with Crippen molar-refractivity contribution in [1.29, 1.82) is 0 Å². The van der Waals surface area contributed by atoms with E-state index in [1.807, 2.05) is 9.80 Å². The van der Waals surface area contributed by atoms with Crippen LogP contribution in [0.3, 0.4) is 0 Å². The van der Waals surface area contributed by atoms with Crippen molar-refractivity contribution in [2.24, 2.45) is 0 Å². The van der Waals surface area contributed by atoms with Gasteiger partial charge in [0.15, 0.2) is 0 Å². The number of halogens is 4. The lowest BCUT2D eigenvalue weighted by atomic mass is 10.2. The summed E-state index contributed by atoms with van der Waals surface area (Å²) in [5.74, 6) is 1.20. The van der Waals surface area contributed by atoms with Crippen LogP contribution in [0, 0.1) is 0 Å². The number of hydrogen-bond donors (Lipinski definition) is 2. The Hall–Kier alpha value is -2.52. The van der Waals surface area contributed by atoms with Gasteiger partial charge in [0.05, 0.1) is 28.2 Å². The summed E-state index contributed by atoms with van der Waals surface area (Å²) in [6.07, 6.45) is -2.80. The predicted octanol–water partition coefficient (Wildman–Crippen LogP) is 3.45. The highest BCUT2D eigenvalue weighted by molar-refractivity contribution is 6.33. The number of piperazine rings is 1. The van der Waals surface area contributed by atoms with Crippen molar-refractivity contribution in [3.63, 3.8) is 0 Å². The number of benzene rings is 1. The number of aliphatic hydroxyl groups is 1. The Morgan fingerprint density at radius 3 is 2.46 bits per heavy atom. The van der Waals surface area contributed by atoms with Gasteiger partial charge in [-0.1, -0.05) is 11.6 Å². The molecular formula is C18H17ClF3N5O. The lowest BCUT2D eigenvalue weighted by Gasteiger charge is -2.35. The largest absolute Gasteiger partial charge is 0.416 e. The molecule has 1 aromatic carbocycles. The second kappa shape index (κ2) is 7.14. The Balaban J connectivity index is 1.49. The number of nitrogens with one attached hydrogen (secondary N) is 1. The van der Waals surface area contributed by atoms with E-state index in [2.05, 4.69) is 15.0 Å². The third kappa shape index (κ3) is 3.59. The molecule has 0 saturated carbocycles. The van der Waals surface area contributed by atoms with Crippen LogP contribution in [0.5, 0.6) is 0 Å². The number of fused-ring (bicyclic) bond motifs is 1. The molecule has 0 unspecified atom stereocenters. The maximum atomic E-state index is 12.9. The maximum Gasteiger partial charge on any atom is 0.416 e. The zero-order valence-electron chi connectivity index (χ0n) is 14.7. The highest BCUT2D eigenvalue weighted by Gasteiger charge is 2.31. The van der Waals surface area contributed by atoms with Crippen molar-refractivity contribution < 1.29 is 18.3 Å². The number of pyridine rings is 1. The van der Waals surface area contributed by atoms with Gasteiger partial charge in [-0.15, -0.1) is 0 Å². The summed E-state index contributed by atoms with van der Waals surface area (Å²) in [7, 11) is 0. The van der Waals surface area contributed by atoms with Crippen LogP contribution in [0.1, 0.15) is 11.1 Å². The number of H-pyrrole nitrogens is 1. The predicted molar refractivity (Wildman–Crippen MR) is 101 cm³/mol. The van der Waals surface area contributed by atoms with Crippen LogP contribution in [-0.2, 0) is 12.8 Å². The minimum atomic E-state index is -4.39. The number of aromatic nitrogens is 3. The fourth-order valence-electron chi connectivity index (χ4n) is 3.24. The van der Waals surface area contributed by atoms with E-state index >= 15 is 0 Å². The van der Waals surface area contributed by atoms with Gasteiger partial charge in [0.1, 0.15) is 5.82 Å². The maximum absolute atomic E-state index is 12.9. The Bertz CT molecular complexity index is 999. The SMILES string of the molecule is OCc1cnc(N2CCN(c3nc4ccc(C(F)(F)F)cc4[nH]3)CC2)c(Cl)c1. The molecule has 0 radical (unpaired) electrons. The van der Waals surface area contributed by atoms with E-state index in [-0.39, 0.29) is 6.61 Å². The van der Waals surface area contributed by atoms with Crippen molar-refractivity contribution in [3.8, 4) is 0 Å². The summed E-state index contributed by atoms with van der Waals surface area (Å²) in [6, 6.07) is 5.18.